The van der Waals surface area contributed by atoms with E-state index in [1.807, 2.05) is 0 Å². The molecule has 0 aromatic heterocycles. The van der Waals surface area contributed by atoms with E-state index in [1.54, 1.807) is 0 Å². The molecule has 2 N–H and O–H groups in total. The number of amides is 4. The van der Waals surface area contributed by atoms with E-state index in [2.05, 4.69) is 10.6 Å². The van der Waals surface area contributed by atoms with E-state index in [0.717, 1.165) is 43.4 Å². The lowest BCUT2D eigenvalue weighted by Gasteiger charge is -2.21. The Bertz CT molecular complexity index is 606. The first-order valence-corrected chi connectivity index (χ1v) is 10.1. The van der Waals surface area contributed by atoms with Gasteiger partial charge in [-0.15, -0.1) is 0 Å². The first-order chi connectivity index (χ1) is 12.9. The minimum Gasteiger partial charge on any atom is -0.451 e. The first kappa shape index (κ1) is 19.6. The molecule has 3 aliphatic rings. The molecule has 8 nitrogen and oxygen atoms in total. The van der Waals surface area contributed by atoms with Gasteiger partial charge in [0.1, 0.15) is 12.1 Å². The van der Waals surface area contributed by atoms with Crippen molar-refractivity contribution in [3.05, 3.63) is 0 Å². The molecule has 0 aromatic rings. The maximum atomic E-state index is 12.5. The molecule has 0 unspecified atom stereocenters. The zero-order valence-electron chi connectivity index (χ0n) is 15.9. The summed E-state index contributed by atoms with van der Waals surface area (Å²) < 4.78 is 5.17. The average molecular weight is 379 g/mol. The Morgan fingerprint density at radius 1 is 1.15 bits per heavy atom. The highest BCUT2D eigenvalue weighted by Gasteiger charge is 2.52. The normalized spacial score (nSPS) is 23.8. The lowest BCUT2D eigenvalue weighted by Crippen LogP contribution is -2.45. The maximum absolute atomic E-state index is 12.5. The predicted octanol–water partition coefficient (Wildman–Crippen LogP) is 1.62. The van der Waals surface area contributed by atoms with Gasteiger partial charge in [0, 0.05) is 6.04 Å². The molecule has 1 spiro atoms. The average Bonchev–Trinajstić information content (AvgIpc) is 3.06. The molecule has 4 amide bonds. The van der Waals surface area contributed by atoms with Crippen LogP contribution in [0.1, 0.15) is 71.1 Å². The van der Waals surface area contributed by atoms with Gasteiger partial charge < -0.3 is 15.4 Å². The van der Waals surface area contributed by atoms with E-state index >= 15 is 0 Å². The van der Waals surface area contributed by atoms with E-state index in [4.69, 9.17) is 4.74 Å². The van der Waals surface area contributed by atoms with Gasteiger partial charge in [0.15, 0.2) is 6.10 Å². The summed E-state index contributed by atoms with van der Waals surface area (Å²) in [5.41, 5.74) is -0.847. The minimum absolute atomic E-state index is 0.120. The number of nitrogens with one attached hydrogen (secondary N) is 2. The molecular weight excluding hydrogens is 350 g/mol. The number of urea groups is 1. The van der Waals surface area contributed by atoms with Crippen molar-refractivity contribution in [2.45, 2.75) is 88.8 Å². The van der Waals surface area contributed by atoms with E-state index in [9.17, 15) is 19.2 Å². The van der Waals surface area contributed by atoms with Gasteiger partial charge in [-0.05, 0) is 32.6 Å². The van der Waals surface area contributed by atoms with Gasteiger partial charge in [-0.1, -0.05) is 38.5 Å². The lowest BCUT2D eigenvalue weighted by atomic mass is 9.98. The van der Waals surface area contributed by atoms with Crippen molar-refractivity contribution in [1.29, 1.82) is 0 Å². The summed E-state index contributed by atoms with van der Waals surface area (Å²) in [4.78, 5) is 50.0. The summed E-state index contributed by atoms with van der Waals surface area (Å²) in [6, 6.07) is -0.441. The third-order valence-electron chi connectivity index (χ3n) is 5.87. The molecule has 2 aliphatic carbocycles. The van der Waals surface area contributed by atoms with Crippen molar-refractivity contribution >= 4 is 23.8 Å². The molecule has 150 valence electrons. The van der Waals surface area contributed by atoms with E-state index in [-0.39, 0.29) is 17.9 Å². The number of esters is 1. The molecular formula is C19H29N3O5. The van der Waals surface area contributed by atoms with Crippen molar-refractivity contribution < 1.29 is 23.9 Å². The second kappa shape index (κ2) is 8.27. The minimum atomic E-state index is -0.957. The second-order valence-corrected chi connectivity index (χ2v) is 7.94. The van der Waals surface area contributed by atoms with Crippen molar-refractivity contribution in [2.75, 3.05) is 6.54 Å². The number of imide groups is 1. The molecule has 27 heavy (non-hydrogen) atoms. The maximum Gasteiger partial charge on any atom is 0.327 e. The molecule has 1 atom stereocenters. The Labute approximate surface area is 159 Å². The summed E-state index contributed by atoms with van der Waals surface area (Å²) in [6.07, 6.45) is 8.43. The molecule has 1 saturated heterocycles. The van der Waals surface area contributed by atoms with Crippen molar-refractivity contribution in [1.82, 2.24) is 15.5 Å². The van der Waals surface area contributed by atoms with E-state index < -0.39 is 30.2 Å². The SMILES string of the molecule is C[C@@H](OC(=O)CN1C(=O)NC2(CCCC2)C1=O)C(=O)NC1CCCCCC1. The highest BCUT2D eigenvalue weighted by molar-refractivity contribution is 6.08. The second-order valence-electron chi connectivity index (χ2n) is 7.94. The fourth-order valence-electron chi connectivity index (χ4n) is 4.30. The van der Waals surface area contributed by atoms with Crippen molar-refractivity contribution in [2.24, 2.45) is 0 Å². The topological polar surface area (TPSA) is 105 Å². The third kappa shape index (κ3) is 4.42. The Kier molecular flexibility index (Phi) is 6.01. The van der Waals surface area contributed by atoms with Gasteiger partial charge in [0.2, 0.25) is 0 Å². The molecule has 1 aliphatic heterocycles. The summed E-state index contributed by atoms with van der Waals surface area (Å²) in [5, 5.41) is 5.66. The molecule has 8 heteroatoms. The van der Waals surface area contributed by atoms with Crippen LogP contribution in [-0.2, 0) is 19.1 Å². The largest absolute Gasteiger partial charge is 0.451 e. The van der Waals surface area contributed by atoms with Crippen LogP contribution in [0, 0.1) is 0 Å². The van der Waals surface area contributed by atoms with Gasteiger partial charge in [-0.3, -0.25) is 19.3 Å². The molecule has 0 aromatic carbocycles. The molecule has 0 radical (unpaired) electrons. The summed E-state index contributed by atoms with van der Waals surface area (Å²) >= 11 is 0. The Hall–Kier alpha value is -2.12. The third-order valence-corrected chi connectivity index (χ3v) is 5.87. The van der Waals surface area contributed by atoms with Crippen LogP contribution in [0.15, 0.2) is 0 Å². The van der Waals surface area contributed by atoms with Crippen LogP contribution in [-0.4, -0.2) is 52.9 Å². The van der Waals surface area contributed by atoms with Crippen LogP contribution < -0.4 is 10.6 Å². The van der Waals surface area contributed by atoms with Crippen LogP contribution in [0.2, 0.25) is 0 Å². The van der Waals surface area contributed by atoms with Crippen molar-refractivity contribution in [3.63, 3.8) is 0 Å². The number of carbonyl (C=O) groups excluding carboxylic acids is 4. The number of carbonyl (C=O) groups is 4. The first-order valence-electron chi connectivity index (χ1n) is 10.1. The number of nitrogens with zero attached hydrogens (tertiary/aromatic N) is 1. The van der Waals surface area contributed by atoms with E-state index in [1.165, 1.54) is 19.8 Å². The lowest BCUT2D eigenvalue weighted by molar-refractivity contribution is -0.156. The molecule has 2 saturated carbocycles. The number of ether oxygens (including phenoxy) is 1. The monoisotopic (exact) mass is 379 g/mol. The quantitative estimate of drug-likeness (QED) is 0.429. The molecule has 0 bridgehead atoms. The zero-order chi connectivity index (χ0) is 19.4. The number of hydrogen-bond acceptors (Lipinski definition) is 5. The molecule has 1 heterocycles. The Morgan fingerprint density at radius 3 is 2.41 bits per heavy atom. The van der Waals surface area contributed by atoms with Gasteiger partial charge in [0.25, 0.3) is 11.8 Å². The smallest absolute Gasteiger partial charge is 0.327 e. The van der Waals surface area contributed by atoms with Crippen LogP contribution in [0.4, 0.5) is 4.79 Å². The van der Waals surface area contributed by atoms with E-state index in [0.29, 0.717) is 12.8 Å². The summed E-state index contributed by atoms with van der Waals surface area (Å²) in [7, 11) is 0. The predicted molar refractivity (Wildman–Crippen MR) is 96.6 cm³/mol. The summed E-state index contributed by atoms with van der Waals surface area (Å²) in [6.45, 7) is 1.04. The standard InChI is InChI=1S/C19H29N3O5/c1-13(16(24)20-14-8-4-2-3-5-9-14)27-15(23)12-22-17(25)19(21-18(22)26)10-6-7-11-19/h13-14H,2-12H2,1H3,(H,20,24)(H,21,26)/t13-/m1/s1. The van der Waals surface area contributed by atoms with Crippen molar-refractivity contribution in [3.8, 4) is 0 Å². The Balaban J connectivity index is 1.48. The van der Waals surface area contributed by atoms with Gasteiger partial charge >= 0.3 is 12.0 Å². The van der Waals surface area contributed by atoms with Crippen LogP contribution in [0.25, 0.3) is 0 Å². The van der Waals surface area contributed by atoms with Crippen LogP contribution >= 0.6 is 0 Å². The Morgan fingerprint density at radius 2 is 1.78 bits per heavy atom. The van der Waals surface area contributed by atoms with Crippen LogP contribution in [0.3, 0.4) is 0 Å². The number of rotatable bonds is 5. The fraction of sp³-hybridized carbons (Fsp3) is 0.789. The highest BCUT2D eigenvalue weighted by Crippen LogP contribution is 2.34. The van der Waals surface area contributed by atoms with Gasteiger partial charge in [-0.2, -0.15) is 0 Å². The van der Waals surface area contributed by atoms with Gasteiger partial charge in [0.05, 0.1) is 0 Å². The molecule has 3 rings (SSSR count). The van der Waals surface area contributed by atoms with Crippen LogP contribution in [0.5, 0.6) is 0 Å². The highest BCUT2D eigenvalue weighted by atomic mass is 16.5. The molecule has 3 fully saturated rings. The number of hydrogen-bond donors (Lipinski definition) is 2. The zero-order valence-corrected chi connectivity index (χ0v) is 15.9. The summed E-state index contributed by atoms with van der Waals surface area (Å²) in [5.74, 6) is -1.45. The fourth-order valence-corrected chi connectivity index (χ4v) is 4.30. The van der Waals surface area contributed by atoms with Gasteiger partial charge in [-0.25, -0.2) is 4.79 Å².